The SMILES string of the molecule is O=C(NCCOCCOCCOCCOCCOCCBr)OCC1c2ccccc2-c2ccccc21. The third-order valence-electron chi connectivity index (χ3n) is 5.57. The Kier molecular flexibility index (Phi) is 13.8. The predicted octanol–water partition coefficient (Wildman–Crippen LogP) is 4.00. The number of carbonyl (C=O) groups is 1. The zero-order valence-electron chi connectivity index (χ0n) is 20.6. The minimum Gasteiger partial charge on any atom is -0.449 e. The highest BCUT2D eigenvalue weighted by atomic mass is 79.9. The normalized spacial score (nSPS) is 12.4. The van der Waals surface area contributed by atoms with Crippen LogP contribution >= 0.6 is 15.9 Å². The summed E-state index contributed by atoms with van der Waals surface area (Å²) >= 11 is 3.30. The van der Waals surface area contributed by atoms with Crippen LogP contribution in [-0.4, -0.2) is 90.6 Å². The highest BCUT2D eigenvalue weighted by Crippen LogP contribution is 2.44. The molecule has 1 N–H and O–H groups in total. The first kappa shape index (κ1) is 28.6. The van der Waals surface area contributed by atoms with E-state index < -0.39 is 6.09 Å². The van der Waals surface area contributed by atoms with Crippen LogP contribution in [0.3, 0.4) is 0 Å². The predicted molar refractivity (Wildman–Crippen MR) is 141 cm³/mol. The van der Waals surface area contributed by atoms with E-state index in [4.69, 9.17) is 28.4 Å². The molecule has 0 saturated heterocycles. The van der Waals surface area contributed by atoms with Crippen molar-refractivity contribution in [3.05, 3.63) is 59.7 Å². The number of benzene rings is 2. The first-order valence-electron chi connectivity index (χ1n) is 12.3. The number of amides is 1. The molecule has 0 unspecified atom stereocenters. The summed E-state index contributed by atoms with van der Waals surface area (Å²) in [6, 6.07) is 16.5. The Morgan fingerprint density at radius 2 is 1.11 bits per heavy atom. The monoisotopic (exact) mass is 565 g/mol. The molecular weight excluding hydrogens is 530 g/mol. The Morgan fingerprint density at radius 3 is 1.61 bits per heavy atom. The summed E-state index contributed by atoms with van der Waals surface area (Å²) in [4.78, 5) is 12.1. The number of ether oxygens (including phenoxy) is 6. The Bertz CT molecular complexity index is 852. The molecule has 0 aliphatic heterocycles. The maximum Gasteiger partial charge on any atom is 0.407 e. The lowest BCUT2D eigenvalue weighted by Gasteiger charge is -2.14. The molecule has 1 aliphatic rings. The third-order valence-corrected chi connectivity index (χ3v) is 5.89. The topological polar surface area (TPSA) is 84.5 Å². The van der Waals surface area contributed by atoms with Crippen LogP contribution in [0.1, 0.15) is 17.0 Å². The van der Waals surface area contributed by atoms with Gasteiger partial charge in [-0.1, -0.05) is 64.5 Å². The summed E-state index contributed by atoms with van der Waals surface area (Å²) in [6.45, 7) is 5.90. The molecule has 9 heteroatoms. The number of fused-ring (bicyclic) bond motifs is 3. The Balaban J connectivity index is 1.14. The number of carbonyl (C=O) groups excluding carboxylic acids is 1. The molecule has 1 amide bonds. The summed E-state index contributed by atoms with van der Waals surface area (Å²) in [6.07, 6.45) is -0.440. The van der Waals surface area contributed by atoms with Crippen molar-refractivity contribution in [3.8, 4) is 11.1 Å². The van der Waals surface area contributed by atoms with Gasteiger partial charge >= 0.3 is 6.09 Å². The lowest BCUT2D eigenvalue weighted by molar-refractivity contribution is -0.00977. The van der Waals surface area contributed by atoms with Crippen LogP contribution < -0.4 is 5.32 Å². The van der Waals surface area contributed by atoms with Crippen molar-refractivity contribution in [2.24, 2.45) is 0 Å². The number of hydrogen-bond acceptors (Lipinski definition) is 7. The number of alkyl halides is 1. The highest BCUT2D eigenvalue weighted by molar-refractivity contribution is 9.09. The molecule has 3 rings (SSSR count). The molecule has 198 valence electrons. The fourth-order valence-corrected chi connectivity index (χ4v) is 4.14. The largest absolute Gasteiger partial charge is 0.449 e. The summed E-state index contributed by atoms with van der Waals surface area (Å²) in [7, 11) is 0. The van der Waals surface area contributed by atoms with Crippen LogP contribution in [0.25, 0.3) is 11.1 Å². The summed E-state index contributed by atoms with van der Waals surface area (Å²) in [5.74, 6) is 0.0525. The second-order valence-electron chi connectivity index (χ2n) is 8.00. The van der Waals surface area contributed by atoms with Gasteiger partial charge in [-0.2, -0.15) is 0 Å². The first-order chi connectivity index (χ1) is 17.8. The molecule has 0 radical (unpaired) electrons. The standard InChI is InChI=1S/C27H36BrNO7/c28-9-11-31-13-15-33-17-19-35-20-18-34-16-14-32-12-10-29-27(30)36-21-26-24-7-3-1-5-22(24)23-6-2-4-8-25(23)26/h1-8,26H,9-21H2,(H,29,30). The maximum atomic E-state index is 12.1. The summed E-state index contributed by atoms with van der Waals surface area (Å²) in [5, 5.41) is 3.57. The zero-order chi connectivity index (χ0) is 25.3. The maximum absolute atomic E-state index is 12.1. The molecule has 36 heavy (non-hydrogen) atoms. The molecule has 0 heterocycles. The van der Waals surface area contributed by atoms with Gasteiger partial charge in [-0.05, 0) is 22.3 Å². The van der Waals surface area contributed by atoms with Gasteiger partial charge < -0.3 is 33.7 Å². The summed E-state index contributed by atoms with van der Waals surface area (Å²) < 4.78 is 32.5. The van der Waals surface area contributed by atoms with E-state index >= 15 is 0 Å². The first-order valence-corrected chi connectivity index (χ1v) is 13.5. The smallest absolute Gasteiger partial charge is 0.407 e. The lowest BCUT2D eigenvalue weighted by atomic mass is 9.98. The van der Waals surface area contributed by atoms with Crippen molar-refractivity contribution in [1.82, 2.24) is 5.32 Å². The molecule has 0 atom stereocenters. The minimum absolute atomic E-state index is 0.0525. The fraction of sp³-hybridized carbons (Fsp3) is 0.519. The van der Waals surface area contributed by atoms with E-state index in [9.17, 15) is 4.79 Å². The van der Waals surface area contributed by atoms with Crippen LogP contribution in [0.5, 0.6) is 0 Å². The van der Waals surface area contributed by atoms with Crippen molar-refractivity contribution in [3.63, 3.8) is 0 Å². The molecule has 0 spiro atoms. The molecule has 0 bridgehead atoms. The molecule has 0 saturated carbocycles. The average molecular weight is 566 g/mol. The van der Waals surface area contributed by atoms with Crippen LogP contribution in [0, 0.1) is 0 Å². The summed E-state index contributed by atoms with van der Waals surface area (Å²) in [5.41, 5.74) is 4.81. The van der Waals surface area contributed by atoms with Gasteiger partial charge in [0, 0.05) is 17.8 Å². The van der Waals surface area contributed by atoms with Crippen molar-refractivity contribution in [2.45, 2.75) is 5.92 Å². The average Bonchev–Trinajstić information content (AvgIpc) is 3.23. The lowest BCUT2D eigenvalue weighted by Crippen LogP contribution is -2.29. The zero-order valence-corrected chi connectivity index (χ0v) is 22.2. The van der Waals surface area contributed by atoms with Crippen LogP contribution in [0.2, 0.25) is 0 Å². The molecular formula is C27H36BrNO7. The molecule has 0 aromatic heterocycles. The quantitative estimate of drug-likeness (QED) is 0.203. The third kappa shape index (κ3) is 9.80. The van der Waals surface area contributed by atoms with Crippen molar-refractivity contribution in [2.75, 3.05) is 84.6 Å². The molecule has 0 fully saturated rings. The number of rotatable bonds is 19. The van der Waals surface area contributed by atoms with Gasteiger partial charge in [0.05, 0.1) is 66.1 Å². The van der Waals surface area contributed by atoms with E-state index in [1.165, 1.54) is 22.3 Å². The van der Waals surface area contributed by atoms with Gasteiger partial charge in [0.25, 0.3) is 0 Å². The minimum atomic E-state index is -0.440. The Labute approximate surface area is 221 Å². The van der Waals surface area contributed by atoms with Crippen LogP contribution in [0.4, 0.5) is 4.79 Å². The van der Waals surface area contributed by atoms with Crippen molar-refractivity contribution >= 4 is 22.0 Å². The number of hydrogen-bond donors (Lipinski definition) is 1. The molecule has 8 nitrogen and oxygen atoms in total. The molecule has 2 aromatic rings. The van der Waals surface area contributed by atoms with E-state index in [1.807, 2.05) is 24.3 Å². The number of nitrogens with one attached hydrogen (secondary N) is 1. The van der Waals surface area contributed by atoms with E-state index in [1.54, 1.807) is 0 Å². The van der Waals surface area contributed by atoms with Crippen molar-refractivity contribution in [1.29, 1.82) is 0 Å². The van der Waals surface area contributed by atoms with Gasteiger partial charge in [-0.15, -0.1) is 0 Å². The van der Waals surface area contributed by atoms with Crippen LogP contribution in [0.15, 0.2) is 48.5 Å². The molecule has 2 aromatic carbocycles. The number of alkyl carbamates (subject to hydrolysis) is 1. The van der Waals surface area contributed by atoms with E-state index in [2.05, 4.69) is 45.5 Å². The van der Waals surface area contributed by atoms with E-state index in [-0.39, 0.29) is 5.92 Å². The van der Waals surface area contributed by atoms with Gasteiger partial charge in [-0.3, -0.25) is 0 Å². The van der Waals surface area contributed by atoms with E-state index in [0.29, 0.717) is 79.2 Å². The van der Waals surface area contributed by atoms with Gasteiger partial charge in [0.1, 0.15) is 6.61 Å². The second-order valence-corrected chi connectivity index (χ2v) is 8.80. The van der Waals surface area contributed by atoms with Gasteiger partial charge in [0.2, 0.25) is 0 Å². The Hall–Kier alpha value is -2.01. The Morgan fingerprint density at radius 1 is 0.667 bits per heavy atom. The molecule has 1 aliphatic carbocycles. The van der Waals surface area contributed by atoms with Crippen molar-refractivity contribution < 1.29 is 33.2 Å². The fourth-order valence-electron chi connectivity index (χ4n) is 3.91. The highest BCUT2D eigenvalue weighted by Gasteiger charge is 2.28. The van der Waals surface area contributed by atoms with E-state index in [0.717, 1.165) is 5.33 Å². The van der Waals surface area contributed by atoms with Gasteiger partial charge in [-0.25, -0.2) is 4.79 Å². The number of halogens is 1. The van der Waals surface area contributed by atoms with Crippen LogP contribution in [-0.2, 0) is 28.4 Å². The second kappa shape index (κ2) is 17.4. The van der Waals surface area contributed by atoms with Gasteiger partial charge in [0.15, 0.2) is 0 Å².